The van der Waals surface area contributed by atoms with E-state index in [1.165, 1.54) is 35.0 Å². The highest BCUT2D eigenvalue weighted by molar-refractivity contribution is 7.99. The van der Waals surface area contributed by atoms with E-state index in [4.69, 9.17) is 11.6 Å². The number of thioether (sulfide) groups is 1. The molecule has 3 aromatic carbocycles. The highest BCUT2D eigenvalue weighted by Crippen LogP contribution is 2.42. The number of nitrogens with zero attached hydrogens (tertiary/aromatic N) is 3. The molecule has 6 rings (SSSR count). The van der Waals surface area contributed by atoms with Crippen molar-refractivity contribution < 1.29 is 30.6 Å². The first-order chi connectivity index (χ1) is 29.5. The highest BCUT2D eigenvalue weighted by atomic mass is 35.5. The fourth-order valence-corrected chi connectivity index (χ4v) is 11.5. The summed E-state index contributed by atoms with van der Waals surface area (Å²) in [6.45, 7) is 15.8. The number of amides is 1. The average Bonchev–Trinajstić information content (AvgIpc) is 3.25. The minimum atomic E-state index is -5.88. The summed E-state index contributed by atoms with van der Waals surface area (Å²) in [5.74, 6) is 0.315. The van der Waals surface area contributed by atoms with Crippen molar-refractivity contribution >= 4 is 61.5 Å². The number of carbonyl (C=O) groups excluding carboxylic acids is 1. The summed E-state index contributed by atoms with van der Waals surface area (Å²) in [4.78, 5) is 20.0. The van der Waals surface area contributed by atoms with Gasteiger partial charge in [0.1, 0.15) is 4.90 Å². The summed E-state index contributed by atoms with van der Waals surface area (Å²) >= 11 is 7.59. The molecule has 1 amide bonds. The number of sulfone groups is 1. The zero-order valence-electron chi connectivity index (χ0n) is 35.7. The lowest BCUT2D eigenvalue weighted by molar-refractivity contribution is -0.0435. The number of halogens is 4. The van der Waals surface area contributed by atoms with Gasteiger partial charge in [0, 0.05) is 73.1 Å². The molecule has 16 heteroatoms. The zero-order valence-corrected chi connectivity index (χ0v) is 38.9. The van der Waals surface area contributed by atoms with Gasteiger partial charge < -0.3 is 15.1 Å². The van der Waals surface area contributed by atoms with Crippen molar-refractivity contribution in [1.82, 2.24) is 14.5 Å². The van der Waals surface area contributed by atoms with Crippen LogP contribution in [0.4, 0.5) is 24.5 Å². The smallest absolute Gasteiger partial charge is 0.380 e. The molecule has 2 fully saturated rings. The molecule has 3 aromatic rings. The Bertz CT molecular complexity index is 2180. The van der Waals surface area contributed by atoms with E-state index in [-0.39, 0.29) is 27.6 Å². The number of hydrogen-bond donors (Lipinski definition) is 2. The van der Waals surface area contributed by atoms with Gasteiger partial charge in [-0.15, -0.1) is 23.4 Å². The Morgan fingerprint density at radius 2 is 1.65 bits per heavy atom. The monoisotopic (exact) mass is 933 g/mol. The molecule has 2 unspecified atom stereocenters. The zero-order chi connectivity index (χ0) is 44.5. The van der Waals surface area contributed by atoms with E-state index in [0.717, 1.165) is 113 Å². The van der Waals surface area contributed by atoms with Crippen LogP contribution in [0.2, 0.25) is 0 Å². The second-order valence-corrected chi connectivity index (χ2v) is 21.8. The number of nitrogens with one attached hydrogen (secondary N) is 2. The first-order valence-electron chi connectivity index (χ1n) is 21.4. The van der Waals surface area contributed by atoms with Crippen LogP contribution in [-0.4, -0.2) is 104 Å². The van der Waals surface area contributed by atoms with E-state index >= 15 is 0 Å². The molecule has 0 spiro atoms. The molecule has 3 aliphatic rings. The maximum Gasteiger partial charge on any atom is 0.501 e. The second kappa shape index (κ2) is 21.6. The van der Waals surface area contributed by atoms with E-state index < -0.39 is 37.1 Å². The van der Waals surface area contributed by atoms with E-state index in [1.54, 1.807) is 12.1 Å². The van der Waals surface area contributed by atoms with Gasteiger partial charge >= 0.3 is 5.51 Å². The molecule has 9 nitrogen and oxygen atoms in total. The third-order valence-electron chi connectivity index (χ3n) is 12.0. The number of likely N-dealkylation sites (tertiary alicyclic amines) is 1. The lowest BCUT2D eigenvalue weighted by Crippen LogP contribution is -2.47. The number of rotatable bonds is 18. The summed E-state index contributed by atoms with van der Waals surface area (Å²) in [5.41, 5.74) is -0.474. The Hall–Kier alpha value is -3.34. The highest BCUT2D eigenvalue weighted by Gasteiger charge is 2.48. The van der Waals surface area contributed by atoms with Gasteiger partial charge in [0.15, 0.2) is 11.0 Å². The number of allylic oxidation sites excluding steroid dienone is 2. The molecule has 2 heterocycles. The molecule has 62 heavy (non-hydrogen) atoms. The van der Waals surface area contributed by atoms with Gasteiger partial charge in [-0.2, -0.15) is 13.2 Å². The normalized spacial score (nSPS) is 18.9. The van der Waals surface area contributed by atoms with Gasteiger partial charge in [-0.3, -0.25) is 14.4 Å². The molecule has 2 aliphatic heterocycles. The third-order valence-corrected chi connectivity index (χ3v) is 16.0. The molecule has 0 aromatic heterocycles. The third kappa shape index (κ3) is 12.9. The fourth-order valence-electron chi connectivity index (χ4n) is 8.45. The molecule has 338 valence electrons. The van der Waals surface area contributed by atoms with Crippen LogP contribution in [0.15, 0.2) is 111 Å². The Labute approximate surface area is 377 Å². The van der Waals surface area contributed by atoms with Crippen molar-refractivity contribution in [3.63, 3.8) is 0 Å². The standard InChI is InChI=1S/C46H59ClF3N5O4S3/c1-34(19-22-47)41-18-21-45(2,3)31-36(41)32-54-26-28-55(29-27-54)38-14-12-35(13-15-38)44(56)52-61(57)40-16-17-42(43(30-40)62(58,59)46(48,49)50)51-37(20-25-53-23-8-5-9-24-53)33-60-39-10-6-4-7-11-39/h4,6-7,10-17,30,37,51H,1,5,8-9,18-29,31-33H2,2-3H3,(H,52,56). The van der Waals surface area contributed by atoms with Crippen molar-refractivity contribution in [2.24, 2.45) is 5.41 Å². The fraction of sp³-hybridized carbons (Fsp3) is 0.500. The quantitative estimate of drug-likeness (QED) is 0.0954. The largest absolute Gasteiger partial charge is 0.501 e. The van der Waals surface area contributed by atoms with Crippen molar-refractivity contribution in [2.45, 2.75) is 91.5 Å². The molecule has 2 saturated heterocycles. The van der Waals surface area contributed by atoms with Crippen LogP contribution in [0, 0.1) is 5.41 Å². The Morgan fingerprint density at radius 1 is 0.952 bits per heavy atom. The predicted molar refractivity (Wildman–Crippen MR) is 247 cm³/mol. The molecule has 1 aliphatic carbocycles. The lowest BCUT2D eigenvalue weighted by Gasteiger charge is -2.40. The first-order valence-corrected chi connectivity index (χ1v) is 25.6. The van der Waals surface area contributed by atoms with Gasteiger partial charge in [-0.25, -0.2) is 12.6 Å². The summed E-state index contributed by atoms with van der Waals surface area (Å²) < 4.78 is 84.3. The summed E-state index contributed by atoms with van der Waals surface area (Å²) in [7, 11) is -8.25. The van der Waals surface area contributed by atoms with Crippen LogP contribution in [-0.2, 0) is 20.8 Å². The minimum Gasteiger partial charge on any atom is -0.380 e. The summed E-state index contributed by atoms with van der Waals surface area (Å²) in [5, 5.41) is 3.11. The van der Waals surface area contributed by atoms with Crippen molar-refractivity contribution in [3.8, 4) is 0 Å². The van der Waals surface area contributed by atoms with Gasteiger partial charge in [0.2, 0.25) is 0 Å². The van der Waals surface area contributed by atoms with Crippen molar-refractivity contribution in [2.75, 3.05) is 74.2 Å². The van der Waals surface area contributed by atoms with E-state index in [0.29, 0.717) is 24.6 Å². The number of alkyl halides is 4. The molecule has 2 atom stereocenters. The van der Waals surface area contributed by atoms with Crippen LogP contribution in [0.5, 0.6) is 0 Å². The van der Waals surface area contributed by atoms with Gasteiger partial charge in [0.05, 0.1) is 10.6 Å². The van der Waals surface area contributed by atoms with Crippen molar-refractivity contribution in [1.29, 1.82) is 0 Å². The molecule has 2 N–H and O–H groups in total. The lowest BCUT2D eigenvalue weighted by atomic mass is 9.72. The van der Waals surface area contributed by atoms with Gasteiger partial charge in [-0.05, 0) is 124 Å². The van der Waals surface area contributed by atoms with Crippen LogP contribution >= 0.6 is 23.4 Å². The maximum atomic E-state index is 14.1. The van der Waals surface area contributed by atoms with Crippen LogP contribution in [0.1, 0.15) is 75.6 Å². The summed E-state index contributed by atoms with van der Waals surface area (Å²) in [6, 6.07) is 19.3. The topological polar surface area (TPSA) is 102 Å². The van der Waals surface area contributed by atoms with E-state index in [1.807, 2.05) is 42.5 Å². The van der Waals surface area contributed by atoms with E-state index in [9.17, 15) is 30.6 Å². The predicted octanol–water partition coefficient (Wildman–Crippen LogP) is 9.70. The Balaban J connectivity index is 1.10. The van der Waals surface area contributed by atoms with Crippen LogP contribution in [0.3, 0.4) is 0 Å². The first kappa shape index (κ1) is 48.1. The SMILES string of the molecule is C=C(CCCl)C1=C(CN2CCN(c3ccc(C(=O)NS(=O)c4ccc(NC(CCN5CCCCC5)CSc5ccccc5)c(S(=O)(=O)C(F)(F)F)c4)cc3)CC2)CC(C)(C)CC1. The number of carbonyl (C=O) groups is 1. The van der Waals surface area contributed by atoms with Crippen LogP contribution < -0.4 is 14.9 Å². The maximum absolute atomic E-state index is 14.1. The Morgan fingerprint density at radius 3 is 2.31 bits per heavy atom. The number of hydrogen-bond acceptors (Lipinski definition) is 9. The van der Waals surface area contributed by atoms with Gasteiger partial charge in [-0.1, -0.05) is 56.2 Å². The minimum absolute atomic E-state index is 0.200. The number of piperazine rings is 1. The van der Waals surface area contributed by atoms with E-state index in [2.05, 4.69) is 45.2 Å². The molecule has 0 radical (unpaired) electrons. The molecule has 0 bridgehead atoms. The number of benzene rings is 3. The molecule has 0 saturated carbocycles. The van der Waals surface area contributed by atoms with Crippen molar-refractivity contribution in [3.05, 3.63) is 102 Å². The molecular weight excluding hydrogens is 875 g/mol. The molecular formula is C46H59ClF3N5O4S3. The van der Waals surface area contributed by atoms with Gasteiger partial charge in [0.25, 0.3) is 15.7 Å². The number of piperidine rings is 1. The second-order valence-electron chi connectivity index (χ2n) is 17.2. The number of anilines is 2. The van der Waals surface area contributed by atoms with Crippen LogP contribution in [0.25, 0.3) is 0 Å². The summed E-state index contributed by atoms with van der Waals surface area (Å²) in [6.07, 6.45) is 7.89. The average molecular weight is 935 g/mol. The Kier molecular flexibility index (Phi) is 16.7.